The lowest BCUT2D eigenvalue weighted by Crippen LogP contribution is -2.32. The Balaban J connectivity index is 2.80. The first-order valence-electron chi connectivity index (χ1n) is 3.94. The molecule has 14 heavy (non-hydrogen) atoms. The van der Waals surface area contributed by atoms with E-state index in [1.165, 1.54) is 0 Å². The fourth-order valence-corrected chi connectivity index (χ4v) is 1.82. The predicted octanol–water partition coefficient (Wildman–Crippen LogP) is 1.19. The zero-order chi connectivity index (χ0) is 10.8. The number of hydrogen-bond acceptors (Lipinski definition) is 2. The van der Waals surface area contributed by atoms with E-state index in [4.69, 9.17) is 16.7 Å². The largest absolute Gasteiger partial charge is 0.274 e. The zero-order valence-corrected chi connectivity index (χ0v) is 9.14. The molecule has 1 rings (SSSR count). The molecule has 4 nitrogen and oxygen atoms in total. The van der Waals surface area contributed by atoms with Gasteiger partial charge in [-0.25, -0.2) is 5.14 Å². The number of halogens is 1. The Kier molecular flexibility index (Phi) is 3.49. The summed E-state index contributed by atoms with van der Waals surface area (Å²) in [4.78, 5) is 0. The molecule has 0 aliphatic rings. The number of nitrogens with one attached hydrogen (secondary N) is 1. The molecule has 3 N–H and O–H groups in total. The molecular weight excluding hydrogens is 224 g/mol. The average molecular weight is 235 g/mol. The molecule has 0 aliphatic carbocycles. The molecule has 0 aromatic heterocycles. The minimum atomic E-state index is -3.66. The van der Waals surface area contributed by atoms with Crippen molar-refractivity contribution in [2.75, 3.05) is 0 Å². The molecule has 0 spiro atoms. The molecule has 1 aromatic carbocycles. The quantitative estimate of drug-likeness (QED) is 0.825. The van der Waals surface area contributed by atoms with Gasteiger partial charge in [0.1, 0.15) is 0 Å². The minimum Gasteiger partial charge on any atom is -0.216 e. The van der Waals surface area contributed by atoms with Crippen LogP contribution >= 0.6 is 11.6 Å². The minimum absolute atomic E-state index is 0.359. The Labute approximate surface area is 88.3 Å². The fourth-order valence-electron chi connectivity index (χ4n) is 1.07. The summed E-state index contributed by atoms with van der Waals surface area (Å²) < 4.78 is 23.7. The Morgan fingerprint density at radius 1 is 1.36 bits per heavy atom. The lowest BCUT2D eigenvalue weighted by atomic mass is 10.1. The van der Waals surface area contributed by atoms with Gasteiger partial charge in [-0.05, 0) is 24.6 Å². The van der Waals surface area contributed by atoms with E-state index < -0.39 is 10.2 Å². The molecule has 0 radical (unpaired) electrons. The van der Waals surface area contributed by atoms with Gasteiger partial charge in [-0.3, -0.25) is 0 Å². The Hall–Kier alpha value is -0.620. The highest BCUT2D eigenvalue weighted by Gasteiger charge is 2.10. The van der Waals surface area contributed by atoms with Gasteiger partial charge < -0.3 is 0 Å². The molecule has 78 valence electrons. The van der Waals surface area contributed by atoms with Crippen LogP contribution in [0, 0.1) is 0 Å². The molecule has 0 aliphatic heterocycles. The van der Waals surface area contributed by atoms with E-state index in [-0.39, 0.29) is 6.04 Å². The first-order chi connectivity index (χ1) is 6.38. The Morgan fingerprint density at radius 2 is 1.86 bits per heavy atom. The van der Waals surface area contributed by atoms with E-state index in [0.29, 0.717) is 5.02 Å². The lowest BCUT2D eigenvalue weighted by molar-refractivity contribution is 0.568. The SMILES string of the molecule is C[C@H](NS(N)(=O)=O)c1ccc(Cl)cc1. The van der Waals surface area contributed by atoms with Gasteiger partial charge in [0.15, 0.2) is 0 Å². The molecule has 0 amide bonds. The van der Waals surface area contributed by atoms with Crippen LogP contribution in [0.5, 0.6) is 0 Å². The summed E-state index contributed by atoms with van der Waals surface area (Å²) in [5, 5.41) is 5.45. The van der Waals surface area contributed by atoms with Gasteiger partial charge >= 0.3 is 0 Å². The van der Waals surface area contributed by atoms with Crippen LogP contribution in [0.1, 0.15) is 18.5 Å². The maximum atomic E-state index is 10.7. The van der Waals surface area contributed by atoms with Gasteiger partial charge in [-0.2, -0.15) is 13.1 Å². The molecule has 0 fully saturated rings. The second-order valence-electron chi connectivity index (χ2n) is 2.94. The van der Waals surface area contributed by atoms with Crippen molar-refractivity contribution >= 4 is 21.8 Å². The molecule has 0 bridgehead atoms. The molecule has 1 atom stereocenters. The van der Waals surface area contributed by atoms with Crippen molar-refractivity contribution in [3.63, 3.8) is 0 Å². The second kappa shape index (κ2) is 4.27. The van der Waals surface area contributed by atoms with E-state index in [2.05, 4.69) is 4.72 Å². The highest BCUT2D eigenvalue weighted by atomic mass is 35.5. The number of nitrogens with two attached hydrogens (primary N) is 1. The highest BCUT2D eigenvalue weighted by molar-refractivity contribution is 7.87. The smallest absolute Gasteiger partial charge is 0.216 e. The normalized spacial score (nSPS) is 13.9. The monoisotopic (exact) mass is 234 g/mol. The van der Waals surface area contributed by atoms with Gasteiger partial charge in [-0.1, -0.05) is 23.7 Å². The van der Waals surface area contributed by atoms with Crippen molar-refractivity contribution in [1.29, 1.82) is 0 Å². The first kappa shape index (κ1) is 11.5. The highest BCUT2D eigenvalue weighted by Crippen LogP contribution is 2.15. The molecule has 0 saturated carbocycles. The molecular formula is C8H11ClN2O2S. The van der Waals surface area contributed by atoms with Crippen molar-refractivity contribution in [1.82, 2.24) is 4.72 Å². The molecule has 0 unspecified atom stereocenters. The maximum absolute atomic E-state index is 10.7. The number of rotatable bonds is 3. The van der Waals surface area contributed by atoms with Gasteiger partial charge in [0.05, 0.1) is 0 Å². The average Bonchev–Trinajstić information content (AvgIpc) is 2.02. The third-order valence-electron chi connectivity index (χ3n) is 1.71. The van der Waals surface area contributed by atoms with Crippen LogP contribution in [0.15, 0.2) is 24.3 Å². The van der Waals surface area contributed by atoms with Crippen LogP contribution in [0.2, 0.25) is 5.02 Å². The molecule has 6 heteroatoms. The first-order valence-corrected chi connectivity index (χ1v) is 5.86. The molecule has 1 aromatic rings. The van der Waals surface area contributed by atoms with Crippen LogP contribution in [-0.2, 0) is 10.2 Å². The van der Waals surface area contributed by atoms with E-state index in [1.54, 1.807) is 31.2 Å². The summed E-state index contributed by atoms with van der Waals surface area (Å²) in [7, 11) is -3.66. The van der Waals surface area contributed by atoms with Crippen LogP contribution in [0.4, 0.5) is 0 Å². The second-order valence-corrected chi connectivity index (χ2v) is 4.70. The van der Waals surface area contributed by atoms with Crippen molar-refractivity contribution < 1.29 is 8.42 Å². The summed E-state index contributed by atoms with van der Waals surface area (Å²) >= 11 is 5.69. The van der Waals surface area contributed by atoms with Crippen molar-refractivity contribution in [3.8, 4) is 0 Å². The summed E-state index contributed by atoms with van der Waals surface area (Å²) in [6.07, 6.45) is 0. The van der Waals surface area contributed by atoms with E-state index >= 15 is 0 Å². The van der Waals surface area contributed by atoms with E-state index in [9.17, 15) is 8.42 Å². The lowest BCUT2D eigenvalue weighted by Gasteiger charge is -2.11. The van der Waals surface area contributed by atoms with Gasteiger partial charge in [0.25, 0.3) is 10.2 Å². The van der Waals surface area contributed by atoms with Crippen LogP contribution < -0.4 is 9.86 Å². The zero-order valence-electron chi connectivity index (χ0n) is 7.57. The van der Waals surface area contributed by atoms with Crippen molar-refractivity contribution in [2.24, 2.45) is 5.14 Å². The van der Waals surface area contributed by atoms with Crippen LogP contribution in [-0.4, -0.2) is 8.42 Å². The van der Waals surface area contributed by atoms with E-state index in [1.807, 2.05) is 0 Å². The summed E-state index contributed by atoms with van der Waals surface area (Å²) in [5.41, 5.74) is 0.809. The standard InChI is InChI=1S/C8H11ClN2O2S/c1-6(11-14(10,12)13)7-2-4-8(9)5-3-7/h2-6,11H,1H3,(H2,10,12,13)/t6-/m0/s1. The van der Waals surface area contributed by atoms with E-state index in [0.717, 1.165) is 5.56 Å². The van der Waals surface area contributed by atoms with Gasteiger partial charge in [-0.15, -0.1) is 0 Å². The predicted molar refractivity (Wildman–Crippen MR) is 56.1 cm³/mol. The van der Waals surface area contributed by atoms with Crippen molar-refractivity contribution in [2.45, 2.75) is 13.0 Å². The summed E-state index contributed by atoms with van der Waals surface area (Å²) in [6.45, 7) is 1.70. The number of hydrogen-bond donors (Lipinski definition) is 2. The van der Waals surface area contributed by atoms with Gasteiger partial charge in [0.2, 0.25) is 0 Å². The third kappa shape index (κ3) is 3.63. The van der Waals surface area contributed by atoms with Crippen LogP contribution in [0.3, 0.4) is 0 Å². The van der Waals surface area contributed by atoms with Crippen molar-refractivity contribution in [3.05, 3.63) is 34.9 Å². The summed E-state index contributed by atoms with van der Waals surface area (Å²) in [5.74, 6) is 0. The molecule has 0 heterocycles. The summed E-state index contributed by atoms with van der Waals surface area (Å²) in [6, 6.07) is 6.51. The topological polar surface area (TPSA) is 72.2 Å². The third-order valence-corrected chi connectivity index (χ3v) is 2.65. The molecule has 0 saturated heterocycles. The van der Waals surface area contributed by atoms with Crippen LogP contribution in [0.25, 0.3) is 0 Å². The van der Waals surface area contributed by atoms with Gasteiger partial charge in [0, 0.05) is 11.1 Å². The maximum Gasteiger partial charge on any atom is 0.274 e. The Morgan fingerprint density at radius 3 is 2.29 bits per heavy atom. The fraction of sp³-hybridized carbons (Fsp3) is 0.250. The number of benzene rings is 1. The Bertz CT molecular complexity index is 402.